The van der Waals surface area contributed by atoms with E-state index in [4.69, 9.17) is 16.0 Å². The number of carbonyl (C=O) groups is 2. The van der Waals surface area contributed by atoms with Gasteiger partial charge in [-0.2, -0.15) is 8.78 Å². The molecular weight excluding hydrogens is 410 g/mol. The van der Waals surface area contributed by atoms with Gasteiger partial charge in [0.2, 0.25) is 0 Å². The summed E-state index contributed by atoms with van der Waals surface area (Å²) in [5, 5.41) is 5.30. The number of hydrogen-bond acceptors (Lipinski definition) is 4. The molecule has 0 unspecified atom stereocenters. The van der Waals surface area contributed by atoms with Crippen molar-refractivity contribution in [1.82, 2.24) is 0 Å². The second kappa shape index (κ2) is 8.90. The van der Waals surface area contributed by atoms with Crippen molar-refractivity contribution in [2.24, 2.45) is 0 Å². The van der Waals surface area contributed by atoms with Crippen molar-refractivity contribution in [1.29, 1.82) is 0 Å². The molecule has 9 heteroatoms. The van der Waals surface area contributed by atoms with E-state index < -0.39 is 17.6 Å². The fourth-order valence-electron chi connectivity index (χ4n) is 2.35. The Balaban J connectivity index is 1.77. The van der Waals surface area contributed by atoms with E-state index in [1.54, 1.807) is 24.3 Å². The standard InChI is InChI=1S/C19H13ClF2N2O3S/c20-13-6-2-7-14(16(13)28-19(21)22)24-17(25)11-4-1-5-12(10-11)23-18(26)15-8-3-9-27-15/h1-10,19H,(H,23,26)(H,24,25). The zero-order valence-corrected chi connectivity index (χ0v) is 15.7. The first kappa shape index (κ1) is 19.9. The molecule has 0 atom stereocenters. The number of nitrogens with one attached hydrogen (secondary N) is 2. The Kier molecular flexibility index (Phi) is 6.33. The third-order valence-electron chi connectivity index (χ3n) is 3.55. The monoisotopic (exact) mass is 422 g/mol. The van der Waals surface area contributed by atoms with E-state index in [2.05, 4.69) is 10.6 Å². The van der Waals surface area contributed by atoms with E-state index in [1.807, 2.05) is 0 Å². The van der Waals surface area contributed by atoms with Crippen LogP contribution in [0.4, 0.5) is 20.2 Å². The Morgan fingerprint density at radius 2 is 1.79 bits per heavy atom. The summed E-state index contributed by atoms with van der Waals surface area (Å²) in [6.45, 7) is 0. The molecule has 0 aliphatic carbocycles. The molecule has 28 heavy (non-hydrogen) atoms. The van der Waals surface area contributed by atoms with Crippen molar-refractivity contribution >= 4 is 46.6 Å². The van der Waals surface area contributed by atoms with Gasteiger partial charge in [-0.05, 0) is 42.5 Å². The number of alkyl halides is 2. The van der Waals surface area contributed by atoms with Crippen LogP contribution in [-0.4, -0.2) is 17.6 Å². The minimum Gasteiger partial charge on any atom is -0.459 e. The first-order valence-corrected chi connectivity index (χ1v) is 9.19. The van der Waals surface area contributed by atoms with Gasteiger partial charge in [0, 0.05) is 11.3 Å². The van der Waals surface area contributed by atoms with Gasteiger partial charge in [-0.15, -0.1) is 0 Å². The minimum absolute atomic E-state index is 0.0785. The van der Waals surface area contributed by atoms with Crippen molar-refractivity contribution in [3.8, 4) is 0 Å². The maximum Gasteiger partial charge on any atom is 0.291 e. The van der Waals surface area contributed by atoms with Crippen LogP contribution < -0.4 is 10.6 Å². The highest BCUT2D eigenvalue weighted by Crippen LogP contribution is 2.37. The van der Waals surface area contributed by atoms with Crippen LogP contribution in [0.5, 0.6) is 0 Å². The number of benzene rings is 2. The average molecular weight is 423 g/mol. The van der Waals surface area contributed by atoms with Gasteiger partial charge in [-0.3, -0.25) is 9.59 Å². The van der Waals surface area contributed by atoms with E-state index in [-0.39, 0.29) is 38.7 Å². The second-order valence-corrected chi connectivity index (χ2v) is 6.87. The van der Waals surface area contributed by atoms with Crippen LogP contribution in [-0.2, 0) is 0 Å². The highest BCUT2D eigenvalue weighted by atomic mass is 35.5. The van der Waals surface area contributed by atoms with E-state index >= 15 is 0 Å². The first-order chi connectivity index (χ1) is 13.4. The smallest absolute Gasteiger partial charge is 0.291 e. The van der Waals surface area contributed by atoms with Crippen LogP contribution in [0, 0.1) is 0 Å². The molecule has 0 fully saturated rings. The Morgan fingerprint density at radius 1 is 1.00 bits per heavy atom. The minimum atomic E-state index is -2.68. The van der Waals surface area contributed by atoms with E-state index in [0.717, 1.165) is 0 Å². The SMILES string of the molecule is O=C(Nc1cccc(Cl)c1SC(F)F)c1cccc(NC(=O)c2ccco2)c1. The molecule has 0 saturated carbocycles. The summed E-state index contributed by atoms with van der Waals surface area (Å²) in [6, 6.07) is 13.8. The molecule has 0 spiro atoms. The number of anilines is 2. The van der Waals surface area contributed by atoms with Crippen molar-refractivity contribution in [3.05, 3.63) is 77.2 Å². The topological polar surface area (TPSA) is 71.3 Å². The highest BCUT2D eigenvalue weighted by Gasteiger charge is 2.17. The van der Waals surface area contributed by atoms with Crippen LogP contribution in [0.2, 0.25) is 5.02 Å². The Morgan fingerprint density at radius 3 is 2.50 bits per heavy atom. The van der Waals surface area contributed by atoms with Gasteiger partial charge in [-0.1, -0.05) is 35.5 Å². The fourth-order valence-corrected chi connectivity index (χ4v) is 3.26. The molecule has 2 amide bonds. The van der Waals surface area contributed by atoms with Crippen molar-refractivity contribution in [2.45, 2.75) is 10.7 Å². The summed E-state index contributed by atoms with van der Waals surface area (Å²) in [7, 11) is 0. The number of rotatable bonds is 6. The van der Waals surface area contributed by atoms with Crippen LogP contribution in [0.3, 0.4) is 0 Å². The van der Waals surface area contributed by atoms with E-state index in [0.29, 0.717) is 5.69 Å². The zero-order valence-electron chi connectivity index (χ0n) is 14.1. The molecule has 0 aliphatic rings. The number of amides is 2. The van der Waals surface area contributed by atoms with Gasteiger partial charge in [0.25, 0.3) is 17.6 Å². The molecule has 0 aliphatic heterocycles. The molecule has 0 radical (unpaired) electrons. The number of carbonyl (C=O) groups excluding carboxylic acids is 2. The molecular formula is C19H13ClF2N2O3S. The van der Waals surface area contributed by atoms with Gasteiger partial charge in [0.05, 0.1) is 21.9 Å². The molecule has 0 bridgehead atoms. The van der Waals surface area contributed by atoms with Crippen LogP contribution >= 0.6 is 23.4 Å². The zero-order chi connectivity index (χ0) is 20.1. The molecule has 2 aromatic carbocycles. The van der Waals surface area contributed by atoms with E-state index in [9.17, 15) is 18.4 Å². The summed E-state index contributed by atoms with van der Waals surface area (Å²) in [4.78, 5) is 24.7. The van der Waals surface area contributed by atoms with E-state index in [1.165, 1.54) is 36.6 Å². The third kappa shape index (κ3) is 4.90. The van der Waals surface area contributed by atoms with Crippen molar-refractivity contribution < 1.29 is 22.8 Å². The molecule has 0 saturated heterocycles. The molecule has 1 heterocycles. The first-order valence-electron chi connectivity index (χ1n) is 7.93. The quantitative estimate of drug-likeness (QED) is 0.496. The molecule has 144 valence electrons. The Bertz CT molecular complexity index is 997. The van der Waals surface area contributed by atoms with Gasteiger partial charge in [0.15, 0.2) is 5.76 Å². The lowest BCUT2D eigenvalue weighted by Crippen LogP contribution is -2.15. The Hall–Kier alpha value is -2.84. The van der Waals surface area contributed by atoms with Gasteiger partial charge < -0.3 is 15.1 Å². The van der Waals surface area contributed by atoms with Crippen LogP contribution in [0.1, 0.15) is 20.9 Å². The normalized spacial score (nSPS) is 10.7. The number of thioether (sulfide) groups is 1. The lowest BCUT2D eigenvalue weighted by molar-refractivity contribution is 0.0993. The lowest BCUT2D eigenvalue weighted by atomic mass is 10.1. The largest absolute Gasteiger partial charge is 0.459 e. The maximum absolute atomic E-state index is 12.8. The van der Waals surface area contributed by atoms with Crippen molar-refractivity contribution in [2.75, 3.05) is 10.6 Å². The maximum atomic E-state index is 12.8. The highest BCUT2D eigenvalue weighted by molar-refractivity contribution is 7.99. The second-order valence-electron chi connectivity index (χ2n) is 5.46. The lowest BCUT2D eigenvalue weighted by Gasteiger charge is -2.12. The molecule has 5 nitrogen and oxygen atoms in total. The Labute approximate surface area is 168 Å². The molecule has 1 aromatic heterocycles. The average Bonchev–Trinajstić information content (AvgIpc) is 3.19. The predicted molar refractivity (Wildman–Crippen MR) is 104 cm³/mol. The summed E-state index contributed by atoms with van der Waals surface area (Å²) >= 11 is 6.22. The van der Waals surface area contributed by atoms with Gasteiger partial charge >= 0.3 is 0 Å². The van der Waals surface area contributed by atoms with Crippen molar-refractivity contribution in [3.63, 3.8) is 0 Å². The summed E-state index contributed by atoms with van der Waals surface area (Å²) in [5.41, 5.74) is 0.778. The molecule has 3 rings (SSSR count). The van der Waals surface area contributed by atoms with Gasteiger partial charge in [0.1, 0.15) is 0 Å². The predicted octanol–water partition coefficient (Wildman–Crippen LogP) is 5.75. The third-order valence-corrected chi connectivity index (χ3v) is 4.83. The van der Waals surface area contributed by atoms with Crippen LogP contribution in [0.15, 0.2) is 70.2 Å². The fraction of sp³-hybridized carbons (Fsp3) is 0.0526. The van der Waals surface area contributed by atoms with Crippen LogP contribution in [0.25, 0.3) is 0 Å². The molecule has 3 aromatic rings. The summed E-state index contributed by atoms with van der Waals surface area (Å²) in [5.74, 6) is -3.56. The number of halogens is 3. The molecule has 2 N–H and O–H groups in total. The number of hydrogen-bond donors (Lipinski definition) is 2. The summed E-state index contributed by atoms with van der Waals surface area (Å²) in [6.07, 6.45) is 1.37. The number of furan rings is 1. The van der Waals surface area contributed by atoms with Gasteiger partial charge in [-0.25, -0.2) is 0 Å². The summed E-state index contributed by atoms with van der Waals surface area (Å²) < 4.78 is 30.6.